The molecule has 0 fully saturated rings. The number of Topliss-reactive ketones (excluding diaryl/α,β-unsaturated/α-hetero) is 1. The van der Waals surface area contributed by atoms with E-state index in [4.69, 9.17) is 0 Å². The molecular weight excluding hydrogens is 446 g/mol. The minimum Gasteiger partial charge on any atom is -0.349 e. The summed E-state index contributed by atoms with van der Waals surface area (Å²) in [5, 5.41) is 9.44. The maximum Gasteiger partial charge on any atom is 0.289 e. The zero-order valence-corrected chi connectivity index (χ0v) is 19.5. The van der Waals surface area contributed by atoms with Crippen LogP contribution in [0.25, 0.3) is 0 Å². The molecule has 0 spiro atoms. The van der Waals surface area contributed by atoms with Gasteiger partial charge in [0.25, 0.3) is 5.91 Å². The van der Waals surface area contributed by atoms with Crippen LogP contribution in [0.5, 0.6) is 0 Å². The van der Waals surface area contributed by atoms with Gasteiger partial charge >= 0.3 is 0 Å². The lowest BCUT2D eigenvalue weighted by Gasteiger charge is -2.25. The molecule has 178 valence electrons. The molecular formula is C22H29N5O5S. The molecule has 2 aromatic rings. The quantitative estimate of drug-likeness (QED) is 0.517. The number of aryl methyl sites for hydroxylation is 2. The minimum atomic E-state index is -3.96. The summed E-state index contributed by atoms with van der Waals surface area (Å²) in [6.45, 7) is 4.31. The van der Waals surface area contributed by atoms with Crippen molar-refractivity contribution in [1.82, 2.24) is 25.1 Å². The van der Waals surface area contributed by atoms with Crippen LogP contribution in [0.3, 0.4) is 0 Å². The molecule has 3 rings (SSSR count). The SMILES string of the molecule is CC(C)C(NS(=O)(=O)c1ccccc1)C(=O)NC1CCc2cnn(c2)CCCNC(=O)C1=O. The molecule has 10 nitrogen and oxygen atoms in total. The third-order valence-electron chi connectivity index (χ3n) is 5.40. The average molecular weight is 476 g/mol. The van der Waals surface area contributed by atoms with Crippen molar-refractivity contribution in [1.29, 1.82) is 0 Å². The summed E-state index contributed by atoms with van der Waals surface area (Å²) in [5.41, 5.74) is 0.883. The van der Waals surface area contributed by atoms with E-state index in [1.165, 1.54) is 12.1 Å². The second-order valence-corrected chi connectivity index (χ2v) is 10.1. The Kier molecular flexibility index (Phi) is 7.98. The smallest absolute Gasteiger partial charge is 0.289 e. The first-order valence-electron chi connectivity index (χ1n) is 10.9. The highest BCUT2D eigenvalue weighted by Gasteiger charge is 2.33. The molecule has 0 aliphatic carbocycles. The Balaban J connectivity index is 1.78. The molecule has 1 aliphatic heterocycles. The van der Waals surface area contributed by atoms with Gasteiger partial charge in [-0.05, 0) is 42.9 Å². The van der Waals surface area contributed by atoms with Gasteiger partial charge in [0.05, 0.1) is 17.1 Å². The molecule has 3 N–H and O–H groups in total. The summed E-state index contributed by atoms with van der Waals surface area (Å²) in [6, 6.07) is 5.50. The van der Waals surface area contributed by atoms with Gasteiger partial charge in [-0.3, -0.25) is 19.1 Å². The van der Waals surface area contributed by atoms with E-state index in [-0.39, 0.29) is 11.3 Å². The first-order valence-corrected chi connectivity index (χ1v) is 12.4. The number of carbonyl (C=O) groups excluding carboxylic acids is 3. The Morgan fingerprint density at radius 2 is 1.94 bits per heavy atom. The zero-order valence-electron chi connectivity index (χ0n) is 18.7. The van der Waals surface area contributed by atoms with Crippen molar-refractivity contribution >= 4 is 27.6 Å². The standard InChI is InChI=1S/C22H29N5O5S/c1-15(2)19(26-33(31,32)17-7-4-3-5-8-17)21(29)25-18-10-9-16-13-24-27(14-16)12-6-11-23-22(30)20(18)28/h3-5,7-8,13-15,18-19,26H,6,9-12H2,1-2H3,(H,23,30)(H,25,29). The average Bonchev–Trinajstić information content (AvgIpc) is 3.24. The van der Waals surface area contributed by atoms with Gasteiger partial charge in [-0.15, -0.1) is 0 Å². The van der Waals surface area contributed by atoms with E-state index in [1.54, 1.807) is 42.9 Å². The van der Waals surface area contributed by atoms with Crippen molar-refractivity contribution in [3.8, 4) is 0 Å². The van der Waals surface area contributed by atoms with E-state index in [1.807, 2.05) is 6.20 Å². The number of nitrogens with one attached hydrogen (secondary N) is 3. The lowest BCUT2D eigenvalue weighted by atomic mass is 10.0. The summed E-state index contributed by atoms with van der Waals surface area (Å²) in [6.07, 6.45) is 4.78. The molecule has 0 radical (unpaired) electrons. The zero-order chi connectivity index (χ0) is 24.0. The van der Waals surface area contributed by atoms with Gasteiger partial charge in [0.15, 0.2) is 0 Å². The van der Waals surface area contributed by atoms with Crippen molar-refractivity contribution in [3.63, 3.8) is 0 Å². The number of carbonyl (C=O) groups is 3. The number of ketones is 1. The minimum absolute atomic E-state index is 0.0296. The number of nitrogens with zero attached hydrogens (tertiary/aromatic N) is 2. The second-order valence-electron chi connectivity index (χ2n) is 8.34. The Labute approximate surface area is 193 Å². The predicted octanol–water partition coefficient (Wildman–Crippen LogP) is 0.393. The molecule has 2 amide bonds. The molecule has 33 heavy (non-hydrogen) atoms. The van der Waals surface area contributed by atoms with Crippen LogP contribution in [-0.4, -0.2) is 54.4 Å². The number of aromatic nitrogens is 2. The molecule has 0 saturated carbocycles. The number of hydrogen-bond donors (Lipinski definition) is 3. The molecule has 2 atom stereocenters. The van der Waals surface area contributed by atoms with E-state index in [9.17, 15) is 22.8 Å². The molecule has 11 heteroatoms. The highest BCUT2D eigenvalue weighted by Crippen LogP contribution is 2.13. The van der Waals surface area contributed by atoms with E-state index >= 15 is 0 Å². The Hall–Kier alpha value is -3.05. The Morgan fingerprint density at radius 3 is 2.64 bits per heavy atom. The summed E-state index contributed by atoms with van der Waals surface area (Å²) in [7, 11) is -3.96. The first-order chi connectivity index (χ1) is 15.7. The summed E-state index contributed by atoms with van der Waals surface area (Å²) < 4.78 is 29.7. The van der Waals surface area contributed by atoms with Gasteiger partial charge in [0, 0.05) is 19.3 Å². The fourth-order valence-corrected chi connectivity index (χ4v) is 4.88. The summed E-state index contributed by atoms with van der Waals surface area (Å²) >= 11 is 0. The normalized spacial score (nSPS) is 18.7. The summed E-state index contributed by atoms with van der Waals surface area (Å²) in [4.78, 5) is 38.2. The highest BCUT2D eigenvalue weighted by molar-refractivity contribution is 7.89. The molecule has 0 saturated heterocycles. The number of amides is 2. The topological polar surface area (TPSA) is 139 Å². The second kappa shape index (κ2) is 10.7. The number of rotatable bonds is 6. The third kappa shape index (κ3) is 6.48. The fraction of sp³-hybridized carbons (Fsp3) is 0.455. The van der Waals surface area contributed by atoms with E-state index in [0.29, 0.717) is 25.9 Å². The van der Waals surface area contributed by atoms with Gasteiger partial charge in [-0.1, -0.05) is 32.0 Å². The summed E-state index contributed by atoms with van der Waals surface area (Å²) in [5.74, 6) is -2.61. The van der Waals surface area contributed by atoms with Crippen LogP contribution in [-0.2, 0) is 37.4 Å². The number of sulfonamides is 1. The first kappa shape index (κ1) is 24.6. The van der Waals surface area contributed by atoms with Crippen molar-refractivity contribution < 1.29 is 22.8 Å². The maximum absolute atomic E-state index is 13.1. The van der Waals surface area contributed by atoms with Crippen LogP contribution in [0, 0.1) is 5.92 Å². The van der Waals surface area contributed by atoms with Crippen LogP contribution in [0.15, 0.2) is 47.6 Å². The van der Waals surface area contributed by atoms with E-state index in [2.05, 4.69) is 20.5 Å². The van der Waals surface area contributed by atoms with Crippen LogP contribution < -0.4 is 15.4 Å². The van der Waals surface area contributed by atoms with Crippen LogP contribution >= 0.6 is 0 Å². The van der Waals surface area contributed by atoms with Gasteiger partial charge in [0.2, 0.25) is 21.7 Å². The molecule has 1 aliphatic rings. The van der Waals surface area contributed by atoms with E-state index in [0.717, 1.165) is 5.56 Å². The monoisotopic (exact) mass is 475 g/mol. The number of hydrogen-bond acceptors (Lipinski definition) is 6. The largest absolute Gasteiger partial charge is 0.349 e. The molecule has 2 heterocycles. The molecule has 1 aromatic carbocycles. The van der Waals surface area contributed by atoms with Crippen molar-refractivity contribution in [2.75, 3.05) is 6.54 Å². The van der Waals surface area contributed by atoms with Crippen molar-refractivity contribution in [2.45, 2.75) is 56.6 Å². The number of fused-ring (bicyclic) bond motifs is 2. The van der Waals surface area contributed by atoms with Crippen LogP contribution in [0.2, 0.25) is 0 Å². The molecule has 1 aromatic heterocycles. The van der Waals surface area contributed by atoms with Crippen molar-refractivity contribution in [3.05, 3.63) is 48.3 Å². The van der Waals surface area contributed by atoms with Gasteiger partial charge in [0.1, 0.15) is 6.04 Å². The lowest BCUT2D eigenvalue weighted by Crippen LogP contribution is -2.55. The fourth-order valence-electron chi connectivity index (χ4n) is 3.51. The van der Waals surface area contributed by atoms with Gasteiger partial charge in [-0.25, -0.2) is 8.42 Å². The highest BCUT2D eigenvalue weighted by atomic mass is 32.2. The van der Waals surface area contributed by atoms with Gasteiger partial charge < -0.3 is 10.6 Å². The predicted molar refractivity (Wildman–Crippen MR) is 121 cm³/mol. The van der Waals surface area contributed by atoms with E-state index < -0.39 is 45.6 Å². The van der Waals surface area contributed by atoms with Crippen LogP contribution in [0.1, 0.15) is 32.3 Å². The number of benzene rings is 1. The van der Waals surface area contributed by atoms with Crippen LogP contribution in [0.4, 0.5) is 0 Å². The van der Waals surface area contributed by atoms with Gasteiger partial charge in [-0.2, -0.15) is 9.82 Å². The Morgan fingerprint density at radius 1 is 1.21 bits per heavy atom. The van der Waals surface area contributed by atoms with Crippen molar-refractivity contribution in [2.24, 2.45) is 5.92 Å². The molecule has 2 unspecified atom stereocenters. The maximum atomic E-state index is 13.1. The lowest BCUT2D eigenvalue weighted by molar-refractivity contribution is -0.140. The third-order valence-corrected chi connectivity index (χ3v) is 6.86. The molecule has 2 bridgehead atoms. The Bertz CT molecular complexity index is 1100.